The van der Waals surface area contributed by atoms with Crippen LogP contribution >= 0.6 is 7.82 Å². The van der Waals surface area contributed by atoms with E-state index in [2.05, 4.69) is 9.84 Å². The van der Waals surface area contributed by atoms with Gasteiger partial charge in [-0.05, 0) is 12.8 Å². The van der Waals surface area contributed by atoms with E-state index in [1.165, 1.54) is 0 Å². The minimum atomic E-state index is -5.38. The Morgan fingerprint density at radius 2 is 1.89 bits per heavy atom. The van der Waals surface area contributed by atoms with Gasteiger partial charge in [0.15, 0.2) is 0 Å². The highest BCUT2D eigenvalue weighted by Gasteiger charge is 2.12. The van der Waals surface area contributed by atoms with Crippen LogP contribution in [0.3, 0.4) is 0 Å². The zero-order valence-corrected chi connectivity index (χ0v) is 10.3. The van der Waals surface area contributed by atoms with Gasteiger partial charge in [0.25, 0.3) is 0 Å². The van der Waals surface area contributed by atoms with Crippen LogP contribution in [0.1, 0.15) is 26.2 Å². The number of carbonyl (C=O) groups excluding carboxylic acids is 3. The van der Waals surface area contributed by atoms with Crippen LogP contribution in [0.5, 0.6) is 0 Å². The second-order valence-electron chi connectivity index (χ2n) is 3.37. The first-order chi connectivity index (χ1) is 8.11. The number of phosphoric acid groups is 1. The summed E-state index contributed by atoms with van der Waals surface area (Å²) in [5.74, 6) is -3.39. The highest BCUT2D eigenvalue weighted by atomic mass is 31.2. The molecule has 0 saturated carbocycles. The van der Waals surface area contributed by atoms with Gasteiger partial charge < -0.3 is 34.1 Å². The number of rotatable bonds is 7. The average Bonchev–Trinajstić information content (AvgIpc) is 2.12. The van der Waals surface area contributed by atoms with Crippen molar-refractivity contribution < 1.29 is 38.4 Å². The molecular weight excluding hydrogens is 269 g/mol. The third-order valence-corrected chi connectivity index (χ3v) is 2.18. The number of hydrogen-bond donors (Lipinski definition) is 1. The number of carbonyl (C=O) groups is 3. The number of phosphoric ester groups is 1. The van der Waals surface area contributed by atoms with Gasteiger partial charge in [-0.15, -0.1) is 0 Å². The third-order valence-electron chi connectivity index (χ3n) is 1.75. The number of hydrogen-bond acceptors (Lipinski definition) is 8. The maximum atomic E-state index is 10.8. The molecule has 0 spiro atoms. The second-order valence-corrected chi connectivity index (χ2v) is 4.45. The maximum Gasteiger partial charge on any atom is 0.309 e. The molecule has 0 bridgehead atoms. The van der Waals surface area contributed by atoms with Crippen LogP contribution in [0.4, 0.5) is 0 Å². The van der Waals surface area contributed by atoms with E-state index in [4.69, 9.17) is 0 Å². The predicted octanol–water partition coefficient (Wildman–Crippen LogP) is -3.22. The fraction of sp³-hybridized carbons (Fsp3) is 0.625. The quantitative estimate of drug-likeness (QED) is 0.477. The fourth-order valence-corrected chi connectivity index (χ4v) is 1.46. The monoisotopic (exact) mass is 280 g/mol. The van der Waals surface area contributed by atoms with E-state index in [9.17, 15) is 33.8 Å². The van der Waals surface area contributed by atoms with Crippen molar-refractivity contribution >= 4 is 25.7 Å². The summed E-state index contributed by atoms with van der Waals surface area (Å²) in [4.78, 5) is 52.1. The summed E-state index contributed by atoms with van der Waals surface area (Å²) in [5, 5.41) is 12.6. The largest absolute Gasteiger partial charge is 0.780 e. The van der Waals surface area contributed by atoms with Gasteiger partial charge >= 0.3 is 5.97 Å². The summed E-state index contributed by atoms with van der Waals surface area (Å²) in [7, 11) is -5.38. The first-order valence-corrected chi connectivity index (χ1v) is 6.30. The molecule has 0 unspecified atom stereocenters. The normalized spacial score (nSPS) is 12.6. The van der Waals surface area contributed by atoms with Crippen LogP contribution in [-0.2, 0) is 23.5 Å². The number of nitrogens with one attached hydrogen (secondary N) is 1. The van der Waals surface area contributed by atoms with Gasteiger partial charge in [0.1, 0.15) is 7.82 Å². The Morgan fingerprint density at radius 1 is 1.33 bits per heavy atom. The molecule has 1 amide bonds. The summed E-state index contributed by atoms with van der Waals surface area (Å²) in [6.07, 6.45) is -0.700. The van der Waals surface area contributed by atoms with Gasteiger partial charge in [-0.3, -0.25) is 9.59 Å². The molecule has 0 aromatic rings. The number of amides is 1. The molecular formula is C8H11NO8P-3. The van der Waals surface area contributed by atoms with Gasteiger partial charge in [-0.1, -0.05) is 0 Å². The molecule has 0 radical (unpaired) electrons. The molecule has 1 N–H and O–H groups in total. The molecule has 0 rings (SSSR count). The highest BCUT2D eigenvalue weighted by Crippen LogP contribution is 2.25. The highest BCUT2D eigenvalue weighted by molar-refractivity contribution is 7.43. The summed E-state index contributed by atoms with van der Waals surface area (Å²) in [6, 6.07) is -1.29. The van der Waals surface area contributed by atoms with Crippen molar-refractivity contribution in [2.24, 2.45) is 0 Å². The molecule has 0 aliphatic rings. The maximum absolute atomic E-state index is 10.8. The predicted molar refractivity (Wildman–Crippen MR) is 50.2 cm³/mol. The Bertz CT molecular complexity index is 375. The van der Waals surface area contributed by atoms with Crippen molar-refractivity contribution in [2.45, 2.75) is 32.2 Å². The van der Waals surface area contributed by atoms with E-state index in [-0.39, 0.29) is 12.8 Å². The molecule has 104 valence electrons. The lowest BCUT2D eigenvalue weighted by Crippen LogP contribution is -2.47. The molecule has 0 aliphatic heterocycles. The molecule has 0 aromatic heterocycles. The molecule has 0 fully saturated rings. The van der Waals surface area contributed by atoms with Gasteiger partial charge in [0.2, 0.25) is 5.91 Å². The molecule has 18 heavy (non-hydrogen) atoms. The van der Waals surface area contributed by atoms with E-state index in [0.717, 1.165) is 6.92 Å². The lowest BCUT2D eigenvalue weighted by molar-refractivity contribution is -0.338. The Morgan fingerprint density at radius 3 is 2.28 bits per heavy atom. The lowest BCUT2D eigenvalue weighted by Gasteiger charge is -2.27. The molecule has 9 nitrogen and oxygen atoms in total. The molecule has 1 atom stereocenters. The van der Waals surface area contributed by atoms with Gasteiger partial charge in [0.05, 0.1) is 12.0 Å². The van der Waals surface area contributed by atoms with Gasteiger partial charge in [0, 0.05) is 13.3 Å². The Labute approximate surface area is 102 Å². The van der Waals surface area contributed by atoms with E-state index in [0.29, 0.717) is 0 Å². The minimum absolute atomic E-state index is 0.0856. The van der Waals surface area contributed by atoms with Crippen molar-refractivity contribution in [3.63, 3.8) is 0 Å². The molecule has 0 heterocycles. The van der Waals surface area contributed by atoms with Crippen LogP contribution in [0, 0.1) is 0 Å². The summed E-state index contributed by atoms with van der Waals surface area (Å²) >= 11 is 0. The molecule has 0 aromatic carbocycles. The van der Waals surface area contributed by atoms with Crippen molar-refractivity contribution in [2.75, 3.05) is 0 Å². The van der Waals surface area contributed by atoms with Crippen molar-refractivity contribution in [1.29, 1.82) is 0 Å². The lowest BCUT2D eigenvalue weighted by atomic mass is 10.1. The van der Waals surface area contributed by atoms with E-state index < -0.39 is 38.1 Å². The smallest absolute Gasteiger partial charge is 0.309 e. The third kappa shape index (κ3) is 8.68. The second kappa shape index (κ2) is 7.10. The number of carboxylic acid groups (broad SMARTS) is 1. The van der Waals surface area contributed by atoms with Gasteiger partial charge in [-0.2, -0.15) is 0 Å². The summed E-state index contributed by atoms with van der Waals surface area (Å²) in [5.41, 5.74) is 0. The Hall–Kier alpha value is -1.44. The minimum Gasteiger partial charge on any atom is -0.780 e. The van der Waals surface area contributed by atoms with Crippen LogP contribution in [0.15, 0.2) is 0 Å². The Kier molecular flexibility index (Phi) is 6.53. The van der Waals surface area contributed by atoms with Crippen molar-refractivity contribution in [3.05, 3.63) is 0 Å². The molecule has 0 aliphatic carbocycles. The molecule has 10 heteroatoms. The van der Waals surface area contributed by atoms with Gasteiger partial charge in [-0.25, -0.2) is 0 Å². The zero-order chi connectivity index (χ0) is 14.3. The average molecular weight is 280 g/mol. The van der Waals surface area contributed by atoms with Crippen LogP contribution in [-0.4, -0.2) is 23.9 Å². The van der Waals surface area contributed by atoms with Crippen LogP contribution < -0.4 is 20.2 Å². The first kappa shape index (κ1) is 16.6. The number of aliphatic carboxylic acids is 1. The van der Waals surface area contributed by atoms with Crippen LogP contribution in [0.2, 0.25) is 0 Å². The standard InChI is InChI=1S/C8H14NO8P/c1-5(10)9-6(8(12)13)3-2-4-7(11)17-18(14,15)16/h6H,2-4H2,1H3,(H,9,10)(H,12,13)(H2,14,15,16)/p-3/t6-/m0/s1. The van der Waals surface area contributed by atoms with Crippen molar-refractivity contribution in [1.82, 2.24) is 5.32 Å². The number of carboxylic acids is 1. The topological polar surface area (TPSA) is 159 Å². The fourth-order valence-electron chi connectivity index (χ4n) is 1.12. The SMILES string of the molecule is CC(=O)N[C@@H](CCCC(=O)OP(=O)([O-])[O-])C(=O)[O-]. The van der Waals surface area contributed by atoms with E-state index in [1.54, 1.807) is 0 Å². The van der Waals surface area contributed by atoms with E-state index in [1.807, 2.05) is 0 Å². The Balaban J connectivity index is 4.07. The van der Waals surface area contributed by atoms with Crippen molar-refractivity contribution in [3.8, 4) is 0 Å². The zero-order valence-electron chi connectivity index (χ0n) is 9.41. The first-order valence-electron chi connectivity index (χ1n) is 4.84. The molecule has 0 saturated heterocycles. The summed E-state index contributed by atoms with van der Waals surface area (Å²) < 4.78 is 13.6. The van der Waals surface area contributed by atoms with Crippen LogP contribution in [0.25, 0.3) is 0 Å². The summed E-state index contributed by atoms with van der Waals surface area (Å²) in [6.45, 7) is 1.11. The van der Waals surface area contributed by atoms with E-state index >= 15 is 0 Å².